The van der Waals surface area contributed by atoms with Gasteiger partial charge in [-0.25, -0.2) is 4.79 Å². The van der Waals surface area contributed by atoms with E-state index in [9.17, 15) is 33.9 Å². The Balaban J connectivity index is 5.36. The molecule has 0 saturated carbocycles. The number of amides is 4. The molecule has 198 valence electrons. The molecule has 5 atom stereocenters. The Bertz CT molecular complexity index is 829. The number of carboxylic acids is 2. The number of carbonyl (C=O) groups is 6. The summed E-state index contributed by atoms with van der Waals surface area (Å²) in [6.07, 6.45) is -2.80. The first-order chi connectivity index (χ1) is 16.1. The topological polar surface area (TPSA) is 316 Å². The molecule has 0 bridgehead atoms. The lowest BCUT2D eigenvalue weighted by molar-refractivity contribution is -0.148. The number of aliphatic hydroxyl groups is 1. The number of aliphatic hydroxyl groups excluding tert-OH is 1. The molecule has 0 aliphatic heterocycles. The van der Waals surface area contributed by atoms with Gasteiger partial charge in [0, 0.05) is 6.54 Å². The van der Waals surface area contributed by atoms with Gasteiger partial charge in [0.05, 0.1) is 25.0 Å². The van der Waals surface area contributed by atoms with E-state index in [1.165, 1.54) is 0 Å². The Morgan fingerprint density at radius 3 is 1.89 bits per heavy atom. The third-order valence-corrected chi connectivity index (χ3v) is 4.40. The zero-order chi connectivity index (χ0) is 27.3. The minimum absolute atomic E-state index is 0.117. The molecule has 0 aliphatic carbocycles. The lowest BCUT2D eigenvalue weighted by Gasteiger charge is -2.26. The van der Waals surface area contributed by atoms with Crippen LogP contribution in [0.15, 0.2) is 4.99 Å². The second-order valence-electron chi connectivity index (χ2n) is 7.51. The molecule has 0 aromatic rings. The van der Waals surface area contributed by atoms with Crippen molar-refractivity contribution in [1.82, 2.24) is 16.0 Å². The van der Waals surface area contributed by atoms with Crippen molar-refractivity contribution in [2.75, 3.05) is 6.54 Å². The quantitative estimate of drug-likeness (QED) is 0.0535. The molecular weight excluding hydrogens is 472 g/mol. The molecule has 0 radical (unpaired) electrons. The van der Waals surface area contributed by atoms with Gasteiger partial charge in [0.15, 0.2) is 5.96 Å². The van der Waals surface area contributed by atoms with Crippen molar-refractivity contribution >= 4 is 41.5 Å². The number of aliphatic carboxylic acids is 2. The van der Waals surface area contributed by atoms with E-state index in [-0.39, 0.29) is 18.9 Å². The summed E-state index contributed by atoms with van der Waals surface area (Å²) in [4.78, 5) is 74.5. The second kappa shape index (κ2) is 15.0. The Kier molecular flexibility index (Phi) is 13.3. The van der Waals surface area contributed by atoms with Crippen LogP contribution in [0.3, 0.4) is 0 Å². The van der Waals surface area contributed by atoms with E-state index in [1.54, 1.807) is 0 Å². The monoisotopic (exact) mass is 504 g/mol. The average molecular weight is 505 g/mol. The van der Waals surface area contributed by atoms with Gasteiger partial charge in [-0.1, -0.05) is 0 Å². The van der Waals surface area contributed by atoms with Gasteiger partial charge in [-0.15, -0.1) is 0 Å². The van der Waals surface area contributed by atoms with Crippen molar-refractivity contribution in [3.8, 4) is 0 Å². The first kappa shape index (κ1) is 31.0. The van der Waals surface area contributed by atoms with Gasteiger partial charge < -0.3 is 54.2 Å². The van der Waals surface area contributed by atoms with Gasteiger partial charge >= 0.3 is 11.9 Å². The lowest BCUT2D eigenvalue weighted by Crippen LogP contribution is -2.60. The summed E-state index contributed by atoms with van der Waals surface area (Å²) in [6.45, 7) is 1.28. The molecule has 0 fully saturated rings. The average Bonchev–Trinajstić information content (AvgIpc) is 2.72. The minimum Gasteiger partial charge on any atom is -0.481 e. The molecule has 5 unspecified atom stereocenters. The summed E-state index contributed by atoms with van der Waals surface area (Å²) >= 11 is 0. The zero-order valence-electron chi connectivity index (χ0n) is 19.0. The largest absolute Gasteiger partial charge is 0.481 e. The fourth-order valence-electron chi connectivity index (χ4n) is 2.63. The number of primary amides is 1. The smallest absolute Gasteiger partial charge is 0.326 e. The van der Waals surface area contributed by atoms with E-state index >= 15 is 0 Å². The molecule has 0 heterocycles. The number of aliphatic imine (C=N–C) groups is 1. The van der Waals surface area contributed by atoms with Crippen molar-refractivity contribution in [1.29, 1.82) is 0 Å². The fourth-order valence-corrected chi connectivity index (χ4v) is 2.63. The number of carbonyl (C=O) groups excluding carboxylic acids is 4. The molecule has 0 spiro atoms. The number of hydrogen-bond acceptors (Lipinski definition) is 9. The maximum atomic E-state index is 12.7. The van der Waals surface area contributed by atoms with Crippen LogP contribution in [0, 0.1) is 0 Å². The van der Waals surface area contributed by atoms with E-state index in [0.717, 1.165) is 6.92 Å². The van der Waals surface area contributed by atoms with Crippen molar-refractivity contribution in [3.63, 3.8) is 0 Å². The predicted molar refractivity (Wildman–Crippen MR) is 119 cm³/mol. The third kappa shape index (κ3) is 12.7. The maximum Gasteiger partial charge on any atom is 0.326 e. The Morgan fingerprint density at radius 1 is 0.857 bits per heavy atom. The predicted octanol–water partition coefficient (Wildman–Crippen LogP) is -5.36. The van der Waals surface area contributed by atoms with Crippen molar-refractivity contribution in [2.24, 2.45) is 27.9 Å². The third-order valence-electron chi connectivity index (χ3n) is 4.40. The van der Waals surface area contributed by atoms with Gasteiger partial charge in [0.25, 0.3) is 0 Å². The standard InChI is InChI=1S/C18H32N8O9/c1-7(27)13(16(33)25-10(17(34)35)6-12(29)30)26-15(32)9(5-11(20)28)24-14(31)8(19)3-2-4-23-18(21)22/h7-10,13,27H,2-6,19H2,1H3,(H2,20,28)(H,24,31)(H,25,33)(H,26,32)(H,29,30)(H,34,35)(H4,21,22,23). The van der Waals surface area contributed by atoms with E-state index in [0.29, 0.717) is 6.42 Å². The molecule has 17 nitrogen and oxygen atoms in total. The number of nitrogens with one attached hydrogen (secondary N) is 3. The number of nitrogens with two attached hydrogens (primary N) is 4. The van der Waals surface area contributed by atoms with Crippen LogP contribution in [0.25, 0.3) is 0 Å². The summed E-state index contributed by atoms with van der Waals surface area (Å²) in [6, 6.07) is -6.32. The van der Waals surface area contributed by atoms with Crippen LogP contribution in [-0.4, -0.2) is 93.7 Å². The molecule has 0 aliphatic rings. The highest BCUT2D eigenvalue weighted by atomic mass is 16.4. The van der Waals surface area contributed by atoms with E-state index in [4.69, 9.17) is 33.1 Å². The SMILES string of the molecule is CC(O)C(NC(=O)C(CC(N)=O)NC(=O)C(N)CCCN=C(N)N)C(=O)NC(CC(=O)O)C(=O)O. The molecule has 4 amide bonds. The first-order valence-corrected chi connectivity index (χ1v) is 10.3. The second-order valence-corrected chi connectivity index (χ2v) is 7.51. The molecule has 0 aromatic carbocycles. The van der Waals surface area contributed by atoms with Gasteiger partial charge in [-0.3, -0.25) is 29.0 Å². The summed E-state index contributed by atoms with van der Waals surface area (Å²) in [5, 5.41) is 33.9. The minimum atomic E-state index is -1.85. The first-order valence-electron chi connectivity index (χ1n) is 10.3. The lowest BCUT2D eigenvalue weighted by atomic mass is 10.1. The summed E-state index contributed by atoms with van der Waals surface area (Å²) < 4.78 is 0. The number of guanidine groups is 1. The van der Waals surface area contributed by atoms with Crippen LogP contribution >= 0.6 is 0 Å². The van der Waals surface area contributed by atoms with Crippen LogP contribution in [0.4, 0.5) is 0 Å². The van der Waals surface area contributed by atoms with E-state index in [1.807, 2.05) is 5.32 Å². The van der Waals surface area contributed by atoms with Gasteiger partial charge in [-0.05, 0) is 19.8 Å². The normalized spacial score (nSPS) is 14.8. The fraction of sp³-hybridized carbons (Fsp3) is 0.611. The summed E-state index contributed by atoms with van der Waals surface area (Å²) in [7, 11) is 0. The highest BCUT2D eigenvalue weighted by Gasteiger charge is 2.33. The molecule has 0 rings (SSSR count). The zero-order valence-corrected chi connectivity index (χ0v) is 19.0. The van der Waals surface area contributed by atoms with E-state index in [2.05, 4.69) is 15.6 Å². The Hall–Kier alpha value is -3.99. The van der Waals surface area contributed by atoms with Gasteiger partial charge in [0.2, 0.25) is 23.6 Å². The van der Waals surface area contributed by atoms with Crippen LogP contribution in [0.2, 0.25) is 0 Å². The molecule has 35 heavy (non-hydrogen) atoms. The van der Waals surface area contributed by atoms with Crippen LogP contribution in [-0.2, 0) is 28.8 Å². The van der Waals surface area contributed by atoms with Crippen molar-refractivity contribution < 1.29 is 44.1 Å². The highest BCUT2D eigenvalue weighted by molar-refractivity contribution is 5.96. The molecule has 0 saturated heterocycles. The van der Waals surface area contributed by atoms with Gasteiger partial charge in [-0.2, -0.15) is 0 Å². The molecule has 17 heteroatoms. The van der Waals surface area contributed by atoms with Crippen LogP contribution in [0.5, 0.6) is 0 Å². The Morgan fingerprint density at radius 2 is 1.43 bits per heavy atom. The number of hydrogen-bond donors (Lipinski definition) is 10. The van der Waals surface area contributed by atoms with Crippen LogP contribution in [0.1, 0.15) is 32.6 Å². The van der Waals surface area contributed by atoms with Crippen molar-refractivity contribution in [2.45, 2.75) is 62.9 Å². The molecule has 0 aromatic heterocycles. The van der Waals surface area contributed by atoms with Crippen molar-refractivity contribution in [3.05, 3.63) is 0 Å². The Labute approximate surface area is 199 Å². The number of nitrogens with zero attached hydrogens (tertiary/aromatic N) is 1. The number of carboxylic acid groups (broad SMARTS) is 2. The summed E-state index contributed by atoms with van der Waals surface area (Å²) in [5.41, 5.74) is 21.2. The van der Waals surface area contributed by atoms with Gasteiger partial charge in [0.1, 0.15) is 18.1 Å². The molecular formula is C18H32N8O9. The maximum absolute atomic E-state index is 12.7. The highest BCUT2D eigenvalue weighted by Crippen LogP contribution is 2.03. The number of rotatable bonds is 16. The summed E-state index contributed by atoms with van der Waals surface area (Å²) in [5.74, 6) is -7.48. The van der Waals surface area contributed by atoms with E-state index < -0.39 is 78.7 Å². The molecule has 14 N–H and O–H groups in total. The van der Waals surface area contributed by atoms with Crippen LogP contribution < -0.4 is 38.9 Å².